The summed E-state index contributed by atoms with van der Waals surface area (Å²) in [7, 11) is 1.68. The summed E-state index contributed by atoms with van der Waals surface area (Å²) in [6.45, 7) is 7.56. The third-order valence-electron chi connectivity index (χ3n) is 3.48. The van der Waals surface area contributed by atoms with Gasteiger partial charge in [-0.1, -0.05) is 0 Å². The fraction of sp³-hybridized carbons (Fsp3) is 0.923. The number of carbonyl (C=O) groups is 1. The summed E-state index contributed by atoms with van der Waals surface area (Å²) in [4.78, 5) is 14.3. The predicted molar refractivity (Wildman–Crippen MR) is 69.0 cm³/mol. The van der Waals surface area contributed by atoms with Crippen LogP contribution in [0.1, 0.15) is 40.0 Å². The van der Waals surface area contributed by atoms with E-state index >= 15 is 0 Å². The minimum Gasteiger partial charge on any atom is -0.383 e. The molecule has 0 aliphatic carbocycles. The molecule has 100 valence electrons. The van der Waals surface area contributed by atoms with Gasteiger partial charge in [-0.05, 0) is 40.0 Å². The van der Waals surface area contributed by atoms with Crippen LogP contribution in [0.5, 0.6) is 0 Å². The zero-order chi connectivity index (χ0) is 12.8. The highest BCUT2D eigenvalue weighted by Crippen LogP contribution is 2.15. The van der Waals surface area contributed by atoms with Crippen LogP contribution >= 0.6 is 0 Å². The highest BCUT2D eigenvalue weighted by atomic mass is 16.5. The zero-order valence-corrected chi connectivity index (χ0v) is 11.5. The first kappa shape index (κ1) is 14.5. The van der Waals surface area contributed by atoms with Crippen LogP contribution in [-0.4, -0.2) is 49.2 Å². The molecule has 0 aromatic rings. The van der Waals surface area contributed by atoms with Gasteiger partial charge in [0.25, 0.3) is 0 Å². The van der Waals surface area contributed by atoms with Crippen LogP contribution in [0.4, 0.5) is 0 Å². The van der Waals surface area contributed by atoms with Gasteiger partial charge in [0.15, 0.2) is 0 Å². The highest BCUT2D eigenvalue weighted by molar-refractivity contribution is 5.82. The van der Waals surface area contributed by atoms with Crippen molar-refractivity contribution >= 4 is 5.91 Å². The number of rotatable bonds is 5. The van der Waals surface area contributed by atoms with Crippen molar-refractivity contribution in [3.05, 3.63) is 0 Å². The lowest BCUT2D eigenvalue weighted by molar-refractivity contribution is -0.137. The van der Waals surface area contributed by atoms with Gasteiger partial charge in [-0.2, -0.15) is 0 Å². The van der Waals surface area contributed by atoms with Crippen molar-refractivity contribution in [1.82, 2.24) is 10.2 Å². The second-order valence-corrected chi connectivity index (χ2v) is 4.98. The molecule has 1 N–H and O–H groups in total. The number of hydrogen-bond donors (Lipinski definition) is 1. The molecular weight excluding hydrogens is 216 g/mol. The molecule has 4 heteroatoms. The van der Waals surface area contributed by atoms with E-state index in [-0.39, 0.29) is 18.0 Å². The predicted octanol–water partition coefficient (Wildman–Crippen LogP) is 1.40. The van der Waals surface area contributed by atoms with Crippen LogP contribution in [0.15, 0.2) is 0 Å². The minimum atomic E-state index is -0.00185. The van der Waals surface area contributed by atoms with Crippen LogP contribution in [0.3, 0.4) is 0 Å². The number of hydrogen-bond acceptors (Lipinski definition) is 3. The van der Waals surface area contributed by atoms with Crippen LogP contribution < -0.4 is 5.32 Å². The molecule has 0 spiro atoms. The summed E-state index contributed by atoms with van der Waals surface area (Å²) >= 11 is 0. The number of amides is 1. The molecule has 3 atom stereocenters. The average Bonchev–Trinajstić information content (AvgIpc) is 2.30. The summed E-state index contributed by atoms with van der Waals surface area (Å²) in [6, 6.07) is 0.601. The molecular formula is C13H26N2O2. The maximum Gasteiger partial charge on any atom is 0.240 e. The molecule has 0 aromatic carbocycles. The molecule has 0 bridgehead atoms. The summed E-state index contributed by atoms with van der Waals surface area (Å²) in [5.41, 5.74) is 0. The second-order valence-electron chi connectivity index (χ2n) is 4.98. The molecule has 1 heterocycles. The first-order chi connectivity index (χ1) is 8.10. The van der Waals surface area contributed by atoms with Gasteiger partial charge in [-0.25, -0.2) is 0 Å². The van der Waals surface area contributed by atoms with Crippen molar-refractivity contribution in [2.75, 3.05) is 20.3 Å². The Labute approximate surface area is 105 Å². The maximum atomic E-state index is 12.4. The highest BCUT2D eigenvalue weighted by Gasteiger charge is 2.29. The van der Waals surface area contributed by atoms with Gasteiger partial charge in [0.1, 0.15) is 0 Å². The third kappa shape index (κ3) is 3.96. The molecule has 0 radical (unpaired) electrons. The molecule has 0 saturated carbocycles. The first-order valence-corrected chi connectivity index (χ1v) is 6.65. The van der Waals surface area contributed by atoms with Gasteiger partial charge in [0.05, 0.1) is 18.7 Å². The summed E-state index contributed by atoms with van der Waals surface area (Å²) in [5.74, 6) is 0.226. The lowest BCUT2D eigenvalue weighted by Gasteiger charge is -2.35. The second kappa shape index (κ2) is 6.97. The zero-order valence-electron chi connectivity index (χ0n) is 11.5. The van der Waals surface area contributed by atoms with Gasteiger partial charge >= 0.3 is 0 Å². The van der Waals surface area contributed by atoms with Gasteiger partial charge in [0.2, 0.25) is 5.91 Å². The number of carbonyl (C=O) groups excluding carboxylic acids is 1. The van der Waals surface area contributed by atoms with E-state index < -0.39 is 0 Å². The molecule has 1 rings (SSSR count). The van der Waals surface area contributed by atoms with Gasteiger partial charge in [-0.3, -0.25) is 4.79 Å². The topological polar surface area (TPSA) is 41.6 Å². The van der Waals surface area contributed by atoms with E-state index in [1.165, 1.54) is 6.42 Å². The lowest BCUT2D eigenvalue weighted by Crippen LogP contribution is -2.54. The number of nitrogens with one attached hydrogen (secondary N) is 1. The van der Waals surface area contributed by atoms with E-state index in [1.54, 1.807) is 7.11 Å². The van der Waals surface area contributed by atoms with E-state index in [0.29, 0.717) is 12.6 Å². The Morgan fingerprint density at radius 3 is 2.76 bits per heavy atom. The Balaban J connectivity index is 2.58. The quantitative estimate of drug-likeness (QED) is 0.792. The van der Waals surface area contributed by atoms with E-state index in [2.05, 4.69) is 12.2 Å². The van der Waals surface area contributed by atoms with E-state index in [0.717, 1.165) is 19.4 Å². The molecule has 4 nitrogen and oxygen atoms in total. The van der Waals surface area contributed by atoms with Crippen molar-refractivity contribution in [3.63, 3.8) is 0 Å². The van der Waals surface area contributed by atoms with Gasteiger partial charge in [0, 0.05) is 19.7 Å². The lowest BCUT2D eigenvalue weighted by atomic mass is 9.98. The number of piperidine rings is 1. The van der Waals surface area contributed by atoms with E-state index in [4.69, 9.17) is 4.74 Å². The maximum absolute atomic E-state index is 12.4. The molecule has 1 fully saturated rings. The number of nitrogens with zero attached hydrogens (tertiary/aromatic N) is 1. The van der Waals surface area contributed by atoms with E-state index in [9.17, 15) is 4.79 Å². The SMILES string of the molecule is CCN(C(=O)C1CCCC(C)N1)C(C)COC. The Kier molecular flexibility index (Phi) is 5.92. The fourth-order valence-electron chi connectivity index (χ4n) is 2.55. The first-order valence-electron chi connectivity index (χ1n) is 6.65. The van der Waals surface area contributed by atoms with Crippen molar-refractivity contribution in [2.45, 2.75) is 58.2 Å². The molecule has 1 aliphatic heterocycles. The normalized spacial score (nSPS) is 26.6. The van der Waals surface area contributed by atoms with Crippen LogP contribution in [-0.2, 0) is 9.53 Å². The summed E-state index contributed by atoms with van der Waals surface area (Å²) < 4.78 is 5.13. The smallest absolute Gasteiger partial charge is 0.240 e. The summed E-state index contributed by atoms with van der Waals surface area (Å²) in [6.07, 6.45) is 3.27. The minimum absolute atomic E-state index is 0.00185. The van der Waals surface area contributed by atoms with E-state index in [1.807, 2.05) is 18.7 Å². The van der Waals surface area contributed by atoms with Crippen LogP contribution in [0.25, 0.3) is 0 Å². The van der Waals surface area contributed by atoms with Crippen molar-refractivity contribution < 1.29 is 9.53 Å². The van der Waals surface area contributed by atoms with Crippen molar-refractivity contribution in [1.29, 1.82) is 0 Å². The molecule has 1 saturated heterocycles. The molecule has 1 amide bonds. The Morgan fingerprint density at radius 2 is 2.24 bits per heavy atom. The van der Waals surface area contributed by atoms with Gasteiger partial charge in [-0.15, -0.1) is 0 Å². The fourth-order valence-corrected chi connectivity index (χ4v) is 2.55. The van der Waals surface area contributed by atoms with Crippen LogP contribution in [0.2, 0.25) is 0 Å². The Hall–Kier alpha value is -0.610. The average molecular weight is 242 g/mol. The molecule has 3 unspecified atom stereocenters. The standard InChI is InChI=1S/C13H26N2O2/c1-5-15(11(3)9-17-4)13(16)12-8-6-7-10(2)14-12/h10-12,14H,5-9H2,1-4H3. The Morgan fingerprint density at radius 1 is 1.53 bits per heavy atom. The molecule has 17 heavy (non-hydrogen) atoms. The monoisotopic (exact) mass is 242 g/mol. The third-order valence-corrected chi connectivity index (χ3v) is 3.48. The number of methoxy groups -OCH3 is 1. The Bertz CT molecular complexity index is 246. The number of likely N-dealkylation sites (N-methyl/N-ethyl adjacent to an activating group) is 1. The van der Waals surface area contributed by atoms with Crippen molar-refractivity contribution in [2.24, 2.45) is 0 Å². The summed E-state index contributed by atoms with van der Waals surface area (Å²) in [5, 5.41) is 3.40. The van der Waals surface area contributed by atoms with Crippen LogP contribution in [0, 0.1) is 0 Å². The molecule has 0 aromatic heterocycles. The molecule has 1 aliphatic rings. The van der Waals surface area contributed by atoms with Gasteiger partial charge < -0.3 is 15.0 Å². The number of ether oxygens (including phenoxy) is 1. The largest absolute Gasteiger partial charge is 0.383 e. The van der Waals surface area contributed by atoms with Crippen molar-refractivity contribution in [3.8, 4) is 0 Å².